The van der Waals surface area contributed by atoms with Gasteiger partial charge >= 0.3 is 5.97 Å². The molecular weight excluding hydrogens is 294 g/mol. The molecule has 0 spiro atoms. The van der Waals surface area contributed by atoms with Crippen molar-refractivity contribution < 1.29 is 9.90 Å². The van der Waals surface area contributed by atoms with Crippen molar-refractivity contribution in [1.29, 1.82) is 5.26 Å². The number of hydrogen-bond acceptors (Lipinski definition) is 4. The zero-order valence-corrected chi connectivity index (χ0v) is 11.9. The van der Waals surface area contributed by atoms with Crippen LogP contribution in [-0.2, 0) is 6.54 Å². The lowest BCUT2D eigenvalue weighted by atomic mass is 10.1. The minimum atomic E-state index is -1.06. The molecular formula is C17H11N3O3. The number of nitriles is 1. The van der Waals surface area contributed by atoms with Gasteiger partial charge in [-0.3, -0.25) is 9.36 Å². The van der Waals surface area contributed by atoms with Crippen molar-refractivity contribution in [2.75, 3.05) is 0 Å². The molecule has 0 saturated carbocycles. The highest BCUT2D eigenvalue weighted by Crippen LogP contribution is 2.11. The predicted octanol–water partition coefficient (Wildman–Crippen LogP) is 2.01. The molecule has 1 heterocycles. The van der Waals surface area contributed by atoms with E-state index in [4.69, 9.17) is 10.4 Å². The molecule has 0 fully saturated rings. The van der Waals surface area contributed by atoms with Crippen molar-refractivity contribution in [3.8, 4) is 6.07 Å². The molecule has 6 nitrogen and oxygen atoms in total. The summed E-state index contributed by atoms with van der Waals surface area (Å²) in [6.45, 7) is 0.328. The highest BCUT2D eigenvalue weighted by molar-refractivity contribution is 5.92. The largest absolute Gasteiger partial charge is 0.478 e. The first-order valence-corrected chi connectivity index (χ1v) is 6.80. The molecule has 3 aromatic rings. The fourth-order valence-corrected chi connectivity index (χ4v) is 2.29. The van der Waals surface area contributed by atoms with Gasteiger partial charge in [-0.25, -0.2) is 9.78 Å². The molecule has 0 aliphatic rings. The van der Waals surface area contributed by atoms with E-state index in [1.165, 1.54) is 29.1 Å². The van der Waals surface area contributed by atoms with E-state index < -0.39 is 5.97 Å². The summed E-state index contributed by atoms with van der Waals surface area (Å²) >= 11 is 0. The number of rotatable bonds is 3. The van der Waals surface area contributed by atoms with Crippen molar-refractivity contribution >= 4 is 16.9 Å². The Morgan fingerprint density at radius 1 is 1.22 bits per heavy atom. The lowest BCUT2D eigenvalue weighted by Crippen LogP contribution is -2.21. The van der Waals surface area contributed by atoms with Gasteiger partial charge in [0, 0.05) is 0 Å². The third-order valence-electron chi connectivity index (χ3n) is 3.51. The first-order valence-electron chi connectivity index (χ1n) is 6.80. The van der Waals surface area contributed by atoms with E-state index in [1.807, 2.05) is 6.07 Å². The van der Waals surface area contributed by atoms with Crippen LogP contribution >= 0.6 is 0 Å². The van der Waals surface area contributed by atoms with E-state index in [2.05, 4.69) is 4.98 Å². The number of benzene rings is 2. The van der Waals surface area contributed by atoms with Crippen LogP contribution in [0, 0.1) is 11.3 Å². The minimum Gasteiger partial charge on any atom is -0.478 e. The summed E-state index contributed by atoms with van der Waals surface area (Å²) in [4.78, 5) is 27.6. The Bertz CT molecular complexity index is 998. The Hall–Kier alpha value is -3.46. The van der Waals surface area contributed by atoms with Gasteiger partial charge in [-0.1, -0.05) is 12.1 Å². The minimum absolute atomic E-state index is 0.0919. The van der Waals surface area contributed by atoms with Gasteiger partial charge in [-0.15, -0.1) is 0 Å². The average molecular weight is 305 g/mol. The fourth-order valence-electron chi connectivity index (χ4n) is 2.29. The average Bonchev–Trinajstić information content (AvgIpc) is 2.57. The summed E-state index contributed by atoms with van der Waals surface area (Å²) in [5, 5.41) is 18.1. The summed E-state index contributed by atoms with van der Waals surface area (Å²) in [7, 11) is 0. The van der Waals surface area contributed by atoms with Crippen molar-refractivity contribution in [2.45, 2.75) is 6.54 Å². The second kappa shape index (κ2) is 5.73. The number of carbonyl (C=O) groups is 1. The van der Waals surface area contributed by atoms with Crippen LogP contribution in [0.25, 0.3) is 10.9 Å². The van der Waals surface area contributed by atoms with Crippen molar-refractivity contribution in [3.05, 3.63) is 75.8 Å². The molecule has 0 amide bonds. The molecule has 0 radical (unpaired) electrons. The number of nitrogens with zero attached hydrogens (tertiary/aromatic N) is 3. The van der Waals surface area contributed by atoms with E-state index >= 15 is 0 Å². The highest BCUT2D eigenvalue weighted by Gasteiger charge is 2.08. The van der Waals surface area contributed by atoms with Gasteiger partial charge in [0.15, 0.2) is 0 Å². The van der Waals surface area contributed by atoms with Crippen LogP contribution in [0.5, 0.6) is 0 Å². The molecule has 0 saturated heterocycles. The maximum Gasteiger partial charge on any atom is 0.335 e. The Morgan fingerprint density at radius 3 is 2.61 bits per heavy atom. The van der Waals surface area contributed by atoms with Crippen molar-refractivity contribution in [3.63, 3.8) is 0 Å². The molecule has 0 bridgehead atoms. The first kappa shape index (κ1) is 14.5. The molecule has 0 atom stereocenters. The van der Waals surface area contributed by atoms with Crippen LogP contribution in [0.2, 0.25) is 0 Å². The van der Waals surface area contributed by atoms with Crippen LogP contribution in [0.15, 0.2) is 53.6 Å². The fraction of sp³-hybridized carbons (Fsp3) is 0.0588. The first-order chi connectivity index (χ1) is 11.1. The number of carboxylic acid groups (broad SMARTS) is 1. The molecule has 2 aromatic carbocycles. The number of hydrogen-bond donors (Lipinski definition) is 1. The summed E-state index contributed by atoms with van der Waals surface area (Å²) in [6, 6.07) is 13.2. The quantitative estimate of drug-likeness (QED) is 0.798. The van der Waals surface area contributed by atoms with E-state index in [0.29, 0.717) is 23.0 Å². The predicted molar refractivity (Wildman–Crippen MR) is 83.2 cm³/mol. The zero-order valence-electron chi connectivity index (χ0n) is 11.9. The van der Waals surface area contributed by atoms with E-state index in [1.54, 1.807) is 24.3 Å². The zero-order chi connectivity index (χ0) is 16.4. The van der Waals surface area contributed by atoms with Gasteiger partial charge in [-0.2, -0.15) is 5.26 Å². The normalized spacial score (nSPS) is 10.4. The third kappa shape index (κ3) is 2.80. The van der Waals surface area contributed by atoms with Crippen LogP contribution in [0.4, 0.5) is 0 Å². The van der Waals surface area contributed by atoms with Gasteiger partial charge in [0.25, 0.3) is 5.56 Å². The van der Waals surface area contributed by atoms with Crippen molar-refractivity contribution in [1.82, 2.24) is 9.55 Å². The number of carboxylic acids is 1. The maximum atomic E-state index is 12.5. The monoisotopic (exact) mass is 305 g/mol. The van der Waals surface area contributed by atoms with Gasteiger partial charge in [0.1, 0.15) is 0 Å². The van der Waals surface area contributed by atoms with Crippen LogP contribution < -0.4 is 5.56 Å². The van der Waals surface area contributed by atoms with E-state index in [-0.39, 0.29) is 11.1 Å². The summed E-state index contributed by atoms with van der Waals surface area (Å²) < 4.78 is 1.45. The molecule has 0 aliphatic carbocycles. The topological polar surface area (TPSA) is 96.0 Å². The smallest absolute Gasteiger partial charge is 0.335 e. The van der Waals surface area contributed by atoms with E-state index in [9.17, 15) is 9.59 Å². The molecule has 6 heteroatoms. The lowest BCUT2D eigenvalue weighted by molar-refractivity contribution is 0.0697. The second-order valence-corrected chi connectivity index (χ2v) is 5.02. The SMILES string of the molecule is N#Cc1ccc(Cn2cnc3cc(C(=O)O)ccc3c2=O)cc1. The van der Waals surface area contributed by atoms with Crippen molar-refractivity contribution in [2.24, 2.45) is 0 Å². The molecule has 1 N–H and O–H groups in total. The van der Waals surface area contributed by atoms with Gasteiger partial charge in [0.2, 0.25) is 0 Å². The molecule has 3 rings (SSSR count). The Morgan fingerprint density at radius 2 is 1.96 bits per heavy atom. The Balaban J connectivity index is 2.00. The molecule has 23 heavy (non-hydrogen) atoms. The van der Waals surface area contributed by atoms with E-state index in [0.717, 1.165) is 5.56 Å². The number of aromatic nitrogens is 2. The molecule has 0 aliphatic heterocycles. The standard InChI is InChI=1S/C17H11N3O3/c18-8-11-1-3-12(4-2-11)9-20-10-19-15-7-13(17(22)23)5-6-14(15)16(20)21/h1-7,10H,9H2,(H,22,23). The van der Waals surface area contributed by atoms with Crippen LogP contribution in [0.3, 0.4) is 0 Å². The van der Waals surface area contributed by atoms with Gasteiger partial charge in [0.05, 0.1) is 41.0 Å². The molecule has 1 aromatic heterocycles. The second-order valence-electron chi connectivity index (χ2n) is 5.02. The summed E-state index contributed by atoms with van der Waals surface area (Å²) in [5.41, 5.74) is 1.63. The summed E-state index contributed by atoms with van der Waals surface area (Å²) in [6.07, 6.45) is 1.40. The van der Waals surface area contributed by atoms with Gasteiger partial charge < -0.3 is 5.11 Å². The molecule has 112 valence electrons. The highest BCUT2D eigenvalue weighted by atomic mass is 16.4. The lowest BCUT2D eigenvalue weighted by Gasteiger charge is -2.07. The third-order valence-corrected chi connectivity index (χ3v) is 3.51. The maximum absolute atomic E-state index is 12.5. The number of fused-ring (bicyclic) bond motifs is 1. The Kier molecular flexibility index (Phi) is 3.61. The van der Waals surface area contributed by atoms with Crippen LogP contribution in [-0.4, -0.2) is 20.6 Å². The number of aromatic carboxylic acids is 1. The Labute approximate surface area is 130 Å². The van der Waals surface area contributed by atoms with Crippen LogP contribution in [0.1, 0.15) is 21.5 Å². The van der Waals surface area contributed by atoms with Gasteiger partial charge in [-0.05, 0) is 35.9 Å². The summed E-state index contributed by atoms with van der Waals surface area (Å²) in [5.74, 6) is -1.06. The molecule has 0 unspecified atom stereocenters.